The minimum atomic E-state index is -3.35. The number of hydrogen-bond donors (Lipinski definition) is 0. The van der Waals surface area contributed by atoms with Crippen molar-refractivity contribution in [2.24, 2.45) is 5.92 Å². The quantitative estimate of drug-likeness (QED) is 0.687. The van der Waals surface area contributed by atoms with E-state index in [4.69, 9.17) is 8.92 Å². The van der Waals surface area contributed by atoms with Gasteiger partial charge in [0.15, 0.2) is 0 Å². The van der Waals surface area contributed by atoms with Gasteiger partial charge >= 0.3 is 6.09 Å². The highest BCUT2D eigenvalue weighted by atomic mass is 32.2. The predicted octanol–water partition coefficient (Wildman–Crippen LogP) is 2.46. The van der Waals surface area contributed by atoms with E-state index < -0.39 is 15.7 Å². The standard InChI is InChI=1S/C18H34N2O5S/c1-14-12-19(17(21)25-18(2,3)4)10-11-20(14)16-8-6-15(7-9-16)13-24-26(5,22)23/h14-16H,6-13H2,1-5H3/t14-,15?,16?/m1/s1. The van der Waals surface area contributed by atoms with Crippen LogP contribution in [-0.4, -0.2) is 74.5 Å². The summed E-state index contributed by atoms with van der Waals surface area (Å²) in [5.41, 5.74) is -0.468. The van der Waals surface area contributed by atoms with Crippen molar-refractivity contribution in [3.05, 3.63) is 0 Å². The molecule has 0 bridgehead atoms. The molecule has 0 N–H and O–H groups in total. The van der Waals surface area contributed by atoms with E-state index in [1.807, 2.05) is 20.8 Å². The summed E-state index contributed by atoms with van der Waals surface area (Å²) in [6, 6.07) is 0.797. The molecule has 2 fully saturated rings. The molecule has 0 aromatic carbocycles. The van der Waals surface area contributed by atoms with E-state index in [2.05, 4.69) is 11.8 Å². The first kappa shape index (κ1) is 21.4. The summed E-state index contributed by atoms with van der Waals surface area (Å²) in [6.07, 6.45) is 4.94. The van der Waals surface area contributed by atoms with Crippen LogP contribution in [0.3, 0.4) is 0 Å². The van der Waals surface area contributed by atoms with E-state index in [0.29, 0.717) is 37.7 Å². The minimum Gasteiger partial charge on any atom is -0.444 e. The number of rotatable bonds is 4. The lowest BCUT2D eigenvalue weighted by Gasteiger charge is -2.45. The Morgan fingerprint density at radius 3 is 2.23 bits per heavy atom. The zero-order valence-corrected chi connectivity index (χ0v) is 17.5. The smallest absolute Gasteiger partial charge is 0.410 e. The third-order valence-corrected chi connectivity index (χ3v) is 5.70. The summed E-state index contributed by atoms with van der Waals surface area (Å²) in [7, 11) is -3.35. The number of carbonyl (C=O) groups is 1. The van der Waals surface area contributed by atoms with Crippen molar-refractivity contribution in [1.82, 2.24) is 9.80 Å². The van der Waals surface area contributed by atoms with E-state index in [1.54, 1.807) is 4.90 Å². The molecule has 1 atom stereocenters. The zero-order chi connectivity index (χ0) is 19.5. The summed E-state index contributed by atoms with van der Waals surface area (Å²) in [4.78, 5) is 16.6. The maximum atomic E-state index is 12.3. The number of nitrogens with zero attached hydrogens (tertiary/aromatic N) is 2. The molecule has 0 aromatic heterocycles. The second kappa shape index (κ2) is 8.44. The molecule has 1 aliphatic heterocycles. The monoisotopic (exact) mass is 390 g/mol. The Hall–Kier alpha value is -0.860. The molecule has 0 radical (unpaired) electrons. The largest absolute Gasteiger partial charge is 0.444 e. The molecule has 0 aromatic rings. The van der Waals surface area contributed by atoms with Crippen molar-refractivity contribution in [3.8, 4) is 0 Å². The average Bonchev–Trinajstić information content (AvgIpc) is 2.51. The van der Waals surface area contributed by atoms with Crippen molar-refractivity contribution in [2.75, 3.05) is 32.5 Å². The van der Waals surface area contributed by atoms with Gasteiger partial charge in [-0.25, -0.2) is 4.79 Å². The Balaban J connectivity index is 1.79. The lowest BCUT2D eigenvalue weighted by molar-refractivity contribution is -0.00831. The summed E-state index contributed by atoms with van der Waals surface area (Å²) in [5, 5.41) is 0. The first-order chi connectivity index (χ1) is 11.9. The highest BCUT2D eigenvalue weighted by Crippen LogP contribution is 2.30. The normalized spacial score (nSPS) is 28.8. The zero-order valence-electron chi connectivity index (χ0n) is 16.7. The van der Waals surface area contributed by atoms with E-state index in [0.717, 1.165) is 38.5 Å². The second-order valence-corrected chi connectivity index (χ2v) is 10.3. The van der Waals surface area contributed by atoms with Gasteiger partial charge in [0.25, 0.3) is 10.1 Å². The fourth-order valence-corrected chi connectivity index (χ4v) is 4.31. The molecule has 7 nitrogen and oxygen atoms in total. The third-order valence-electron chi connectivity index (χ3n) is 5.13. The molecule has 2 aliphatic rings. The Bertz CT molecular complexity index is 579. The lowest BCUT2D eigenvalue weighted by atomic mass is 9.85. The van der Waals surface area contributed by atoms with Crippen molar-refractivity contribution in [2.45, 2.75) is 71.1 Å². The Morgan fingerprint density at radius 2 is 1.73 bits per heavy atom. The van der Waals surface area contributed by atoms with Gasteiger partial charge in [0.2, 0.25) is 0 Å². The van der Waals surface area contributed by atoms with E-state index in [-0.39, 0.29) is 6.09 Å². The molecule has 26 heavy (non-hydrogen) atoms. The molecular weight excluding hydrogens is 356 g/mol. The topological polar surface area (TPSA) is 76.2 Å². The van der Waals surface area contributed by atoms with Gasteiger partial charge in [-0.15, -0.1) is 0 Å². The summed E-state index contributed by atoms with van der Waals surface area (Å²) < 4.78 is 32.7. The van der Waals surface area contributed by atoms with Gasteiger partial charge < -0.3 is 9.64 Å². The first-order valence-corrected chi connectivity index (χ1v) is 11.3. The predicted molar refractivity (Wildman–Crippen MR) is 101 cm³/mol. The molecule has 2 rings (SSSR count). The van der Waals surface area contributed by atoms with Crippen LogP contribution in [0.25, 0.3) is 0 Å². The fraction of sp³-hybridized carbons (Fsp3) is 0.944. The van der Waals surface area contributed by atoms with Gasteiger partial charge in [-0.1, -0.05) is 0 Å². The maximum Gasteiger partial charge on any atom is 0.410 e. The third kappa shape index (κ3) is 6.70. The van der Waals surface area contributed by atoms with Crippen LogP contribution in [0, 0.1) is 5.92 Å². The summed E-state index contributed by atoms with van der Waals surface area (Å²) in [6.45, 7) is 10.4. The Kier molecular flexibility index (Phi) is 6.96. The van der Waals surface area contributed by atoms with Crippen LogP contribution in [0.2, 0.25) is 0 Å². The van der Waals surface area contributed by atoms with Gasteiger partial charge in [0, 0.05) is 31.7 Å². The van der Waals surface area contributed by atoms with Crippen molar-refractivity contribution >= 4 is 16.2 Å². The van der Waals surface area contributed by atoms with Crippen LogP contribution in [-0.2, 0) is 19.0 Å². The number of carbonyl (C=O) groups excluding carboxylic acids is 1. The van der Waals surface area contributed by atoms with Crippen LogP contribution in [0.1, 0.15) is 53.4 Å². The molecular formula is C18H34N2O5S. The van der Waals surface area contributed by atoms with E-state index >= 15 is 0 Å². The summed E-state index contributed by atoms with van der Waals surface area (Å²) in [5.74, 6) is 0.319. The highest BCUT2D eigenvalue weighted by molar-refractivity contribution is 7.85. The highest BCUT2D eigenvalue weighted by Gasteiger charge is 2.35. The minimum absolute atomic E-state index is 0.231. The molecule has 1 saturated carbocycles. The van der Waals surface area contributed by atoms with Crippen LogP contribution in [0.4, 0.5) is 4.79 Å². The van der Waals surface area contributed by atoms with E-state index in [1.165, 1.54) is 0 Å². The van der Waals surface area contributed by atoms with Gasteiger partial charge in [0.1, 0.15) is 5.60 Å². The van der Waals surface area contributed by atoms with Gasteiger partial charge in [-0.05, 0) is 59.3 Å². The molecule has 8 heteroatoms. The van der Waals surface area contributed by atoms with Crippen molar-refractivity contribution in [3.63, 3.8) is 0 Å². The van der Waals surface area contributed by atoms with Crippen molar-refractivity contribution in [1.29, 1.82) is 0 Å². The van der Waals surface area contributed by atoms with Crippen LogP contribution in [0.5, 0.6) is 0 Å². The van der Waals surface area contributed by atoms with Crippen LogP contribution < -0.4 is 0 Å². The van der Waals surface area contributed by atoms with Crippen LogP contribution in [0.15, 0.2) is 0 Å². The van der Waals surface area contributed by atoms with Gasteiger partial charge in [-0.3, -0.25) is 9.08 Å². The lowest BCUT2D eigenvalue weighted by Crippen LogP contribution is -2.57. The summed E-state index contributed by atoms with van der Waals surface area (Å²) >= 11 is 0. The maximum absolute atomic E-state index is 12.3. The fourth-order valence-electron chi connectivity index (χ4n) is 3.87. The Morgan fingerprint density at radius 1 is 1.12 bits per heavy atom. The molecule has 1 heterocycles. The Labute approximate surface area is 158 Å². The second-order valence-electron chi connectivity index (χ2n) is 8.68. The van der Waals surface area contributed by atoms with E-state index in [9.17, 15) is 13.2 Å². The van der Waals surface area contributed by atoms with Crippen LogP contribution >= 0.6 is 0 Å². The number of amides is 1. The molecule has 1 amide bonds. The molecule has 152 valence electrons. The number of ether oxygens (including phenoxy) is 1. The molecule has 0 unspecified atom stereocenters. The van der Waals surface area contributed by atoms with Gasteiger partial charge in [-0.2, -0.15) is 8.42 Å². The molecule has 1 aliphatic carbocycles. The molecule has 1 saturated heterocycles. The first-order valence-electron chi connectivity index (χ1n) is 9.52. The number of hydrogen-bond acceptors (Lipinski definition) is 6. The average molecular weight is 391 g/mol. The van der Waals surface area contributed by atoms with Crippen molar-refractivity contribution < 1.29 is 22.1 Å². The SMILES string of the molecule is C[C@@H]1CN(C(=O)OC(C)(C)C)CCN1C1CCC(COS(C)(=O)=O)CC1. The van der Waals surface area contributed by atoms with Gasteiger partial charge in [0.05, 0.1) is 12.9 Å². The molecule has 0 spiro atoms. The number of piperazine rings is 1.